The van der Waals surface area contributed by atoms with Gasteiger partial charge in [-0.1, -0.05) is 0 Å². The Morgan fingerprint density at radius 2 is 2.00 bits per heavy atom. The topological polar surface area (TPSA) is 85.1 Å². The third kappa shape index (κ3) is 3.26. The summed E-state index contributed by atoms with van der Waals surface area (Å²) in [6, 6.07) is 6.28. The van der Waals surface area contributed by atoms with Gasteiger partial charge in [-0.05, 0) is 53.2 Å². The minimum Gasteiger partial charge on any atom is -0.399 e. The number of halogens is 2. The highest BCUT2D eigenvalue weighted by atomic mass is 79.9. The molecule has 0 bridgehead atoms. The number of pyridine rings is 1. The van der Waals surface area contributed by atoms with E-state index in [1.807, 2.05) is 0 Å². The molecule has 0 atom stereocenters. The van der Waals surface area contributed by atoms with E-state index in [1.54, 1.807) is 13.0 Å². The molecule has 0 saturated heterocycles. The van der Waals surface area contributed by atoms with E-state index in [2.05, 4.69) is 25.6 Å². The second kappa shape index (κ2) is 5.37. The van der Waals surface area contributed by atoms with Crippen LogP contribution >= 0.6 is 15.9 Å². The molecule has 2 rings (SSSR count). The second-order valence-electron chi connectivity index (χ2n) is 4.09. The van der Waals surface area contributed by atoms with Crippen molar-refractivity contribution < 1.29 is 12.8 Å². The van der Waals surface area contributed by atoms with Crippen LogP contribution in [0, 0.1) is 12.7 Å². The summed E-state index contributed by atoms with van der Waals surface area (Å²) in [7, 11) is -3.94. The van der Waals surface area contributed by atoms with Crippen molar-refractivity contribution in [2.75, 3.05) is 10.5 Å². The highest BCUT2D eigenvalue weighted by Crippen LogP contribution is 2.21. The molecule has 0 saturated carbocycles. The van der Waals surface area contributed by atoms with Gasteiger partial charge >= 0.3 is 0 Å². The van der Waals surface area contributed by atoms with E-state index in [0.717, 1.165) is 16.6 Å². The lowest BCUT2D eigenvalue weighted by atomic mass is 10.3. The van der Waals surface area contributed by atoms with Gasteiger partial charge in [0.15, 0.2) is 0 Å². The number of nitrogens with zero attached hydrogens (tertiary/aromatic N) is 1. The number of nitrogen functional groups attached to an aromatic ring is 1. The molecule has 0 amide bonds. The molecule has 0 aliphatic heterocycles. The van der Waals surface area contributed by atoms with Gasteiger partial charge in [0.25, 0.3) is 10.0 Å². The second-order valence-corrected chi connectivity index (χ2v) is 6.63. The summed E-state index contributed by atoms with van der Waals surface area (Å²) in [4.78, 5) is 3.81. The molecule has 1 heterocycles. The minimum absolute atomic E-state index is 0.0327. The van der Waals surface area contributed by atoms with Gasteiger partial charge in [-0.15, -0.1) is 0 Å². The molecule has 0 spiro atoms. The Morgan fingerprint density at radius 3 is 2.60 bits per heavy atom. The fourth-order valence-corrected chi connectivity index (χ4v) is 2.82. The number of nitrogens with two attached hydrogens (primary N) is 1. The van der Waals surface area contributed by atoms with Crippen molar-refractivity contribution in [3.05, 3.63) is 46.3 Å². The van der Waals surface area contributed by atoms with Gasteiger partial charge in [0.05, 0.1) is 10.6 Å². The number of anilines is 2. The summed E-state index contributed by atoms with van der Waals surface area (Å²) in [6.45, 7) is 1.72. The van der Waals surface area contributed by atoms with Crippen LogP contribution in [0.1, 0.15) is 5.69 Å². The summed E-state index contributed by atoms with van der Waals surface area (Å²) in [6.07, 6.45) is 0. The number of sulfonamides is 1. The van der Waals surface area contributed by atoms with E-state index >= 15 is 0 Å². The van der Waals surface area contributed by atoms with Crippen molar-refractivity contribution in [1.29, 1.82) is 0 Å². The Morgan fingerprint density at radius 1 is 1.30 bits per heavy atom. The van der Waals surface area contributed by atoms with Gasteiger partial charge in [-0.3, -0.25) is 4.72 Å². The van der Waals surface area contributed by atoms with Crippen LogP contribution in [0.25, 0.3) is 0 Å². The van der Waals surface area contributed by atoms with Crippen LogP contribution in [0.4, 0.5) is 15.9 Å². The smallest absolute Gasteiger partial charge is 0.263 e. The van der Waals surface area contributed by atoms with Crippen molar-refractivity contribution in [2.24, 2.45) is 0 Å². The summed E-state index contributed by atoms with van der Waals surface area (Å²) >= 11 is 3.27. The lowest BCUT2D eigenvalue weighted by Crippen LogP contribution is -2.14. The van der Waals surface area contributed by atoms with Crippen molar-refractivity contribution in [3.63, 3.8) is 0 Å². The summed E-state index contributed by atoms with van der Waals surface area (Å²) in [5, 5.41) is 0. The average Bonchev–Trinajstić information content (AvgIpc) is 2.32. The number of benzene rings is 1. The van der Waals surface area contributed by atoms with Crippen molar-refractivity contribution >= 4 is 37.5 Å². The number of nitrogens with one attached hydrogen (secondary N) is 1. The standard InChI is InChI=1S/C12H11BrFN3O2S/c1-7-11(13)2-3-12(16-7)17-20(18,19)10-5-8(14)4-9(15)6-10/h2-6H,15H2,1H3,(H,16,17). The Hall–Kier alpha value is -1.67. The van der Waals surface area contributed by atoms with Crippen LogP contribution in [0.3, 0.4) is 0 Å². The number of hydrogen-bond acceptors (Lipinski definition) is 4. The molecule has 3 N–H and O–H groups in total. The van der Waals surface area contributed by atoms with Crippen molar-refractivity contribution in [3.8, 4) is 0 Å². The van der Waals surface area contributed by atoms with Crippen LogP contribution in [0.15, 0.2) is 39.7 Å². The summed E-state index contributed by atoms with van der Waals surface area (Å²) in [5.41, 5.74) is 6.10. The maximum absolute atomic E-state index is 13.2. The third-order valence-electron chi connectivity index (χ3n) is 2.46. The number of aryl methyl sites for hydroxylation is 1. The van der Waals surface area contributed by atoms with Crippen LogP contribution in [-0.2, 0) is 10.0 Å². The zero-order chi connectivity index (χ0) is 14.9. The first-order valence-electron chi connectivity index (χ1n) is 5.50. The van der Waals surface area contributed by atoms with Crippen LogP contribution in [-0.4, -0.2) is 13.4 Å². The zero-order valence-electron chi connectivity index (χ0n) is 10.4. The molecule has 1 aromatic carbocycles. The first-order chi connectivity index (χ1) is 9.28. The Bertz CT molecular complexity index is 745. The molecule has 20 heavy (non-hydrogen) atoms. The lowest BCUT2D eigenvalue weighted by Gasteiger charge is -2.09. The molecule has 0 unspecified atom stereocenters. The van der Waals surface area contributed by atoms with E-state index in [-0.39, 0.29) is 16.4 Å². The number of hydrogen-bond donors (Lipinski definition) is 2. The third-order valence-corrected chi connectivity index (χ3v) is 4.64. The minimum atomic E-state index is -3.94. The first kappa shape index (κ1) is 14.7. The predicted octanol–water partition coefficient (Wildman–Crippen LogP) is 2.67. The van der Waals surface area contributed by atoms with Crippen LogP contribution in [0.5, 0.6) is 0 Å². The van der Waals surface area contributed by atoms with Gasteiger partial charge < -0.3 is 5.73 Å². The predicted molar refractivity (Wildman–Crippen MR) is 78.3 cm³/mol. The van der Waals surface area contributed by atoms with Crippen LogP contribution in [0.2, 0.25) is 0 Å². The maximum Gasteiger partial charge on any atom is 0.263 e. The zero-order valence-corrected chi connectivity index (χ0v) is 12.8. The van der Waals surface area contributed by atoms with Gasteiger partial charge in [0.2, 0.25) is 0 Å². The van der Waals surface area contributed by atoms with E-state index < -0.39 is 15.8 Å². The van der Waals surface area contributed by atoms with Crippen LogP contribution < -0.4 is 10.5 Å². The Labute approximate surface area is 124 Å². The van der Waals surface area contributed by atoms with E-state index in [0.29, 0.717) is 5.69 Å². The highest BCUT2D eigenvalue weighted by Gasteiger charge is 2.17. The van der Waals surface area contributed by atoms with Gasteiger partial charge in [-0.25, -0.2) is 17.8 Å². The fraction of sp³-hybridized carbons (Fsp3) is 0.0833. The Kier molecular flexibility index (Phi) is 3.96. The lowest BCUT2D eigenvalue weighted by molar-refractivity contribution is 0.595. The largest absolute Gasteiger partial charge is 0.399 e. The van der Waals surface area contributed by atoms with E-state index in [4.69, 9.17) is 5.73 Å². The SMILES string of the molecule is Cc1nc(NS(=O)(=O)c2cc(N)cc(F)c2)ccc1Br. The maximum atomic E-state index is 13.2. The fourth-order valence-electron chi connectivity index (χ4n) is 1.54. The number of aromatic nitrogens is 1. The van der Waals surface area contributed by atoms with Gasteiger partial charge in [0.1, 0.15) is 11.6 Å². The molecule has 0 aliphatic rings. The molecular weight excluding hydrogens is 349 g/mol. The van der Waals surface area contributed by atoms with Crippen molar-refractivity contribution in [2.45, 2.75) is 11.8 Å². The molecule has 5 nitrogen and oxygen atoms in total. The van der Waals surface area contributed by atoms with Gasteiger partial charge in [-0.2, -0.15) is 0 Å². The van der Waals surface area contributed by atoms with Gasteiger partial charge in [0, 0.05) is 10.2 Å². The molecular formula is C12H11BrFN3O2S. The average molecular weight is 360 g/mol. The molecule has 1 aromatic heterocycles. The summed E-state index contributed by atoms with van der Waals surface area (Å²) in [5.74, 6) is -0.571. The molecule has 2 aromatic rings. The summed E-state index contributed by atoms with van der Waals surface area (Å²) < 4.78 is 40.5. The normalized spacial score (nSPS) is 11.3. The highest BCUT2D eigenvalue weighted by molar-refractivity contribution is 9.10. The Balaban J connectivity index is 2.37. The number of rotatable bonds is 3. The van der Waals surface area contributed by atoms with Crippen molar-refractivity contribution in [1.82, 2.24) is 4.98 Å². The van der Waals surface area contributed by atoms with E-state index in [1.165, 1.54) is 12.1 Å². The monoisotopic (exact) mass is 359 g/mol. The quantitative estimate of drug-likeness (QED) is 0.825. The first-order valence-corrected chi connectivity index (χ1v) is 7.77. The van der Waals surface area contributed by atoms with E-state index in [9.17, 15) is 12.8 Å². The molecule has 0 aliphatic carbocycles. The molecule has 0 fully saturated rings. The molecule has 106 valence electrons. The molecule has 0 radical (unpaired) electrons. The molecule has 8 heteroatoms.